The molecule has 0 saturated carbocycles. The first kappa shape index (κ1) is 37.2. The Morgan fingerprint density at radius 3 is 0.855 bits per heavy atom. The van der Waals surface area contributed by atoms with Crippen molar-refractivity contribution in [3.8, 4) is 39.0 Å². The van der Waals surface area contributed by atoms with Crippen LogP contribution in [0.25, 0.3) is 82.1 Å². The standard InChI is InChI=1S/C52H30N2S8/c1-7-31-32-8-2-10-36-38(54(49-25-21-45(61-49)41-13-5-29-57-41)50-26-22-46(62-50)42-14-6-30-58-42)18-16-34(52(32)36)33-15-17-37(35(9-1)51(31)33)53(47-23-19-43(59-47)39-11-3-27-55-39)48-24-20-44(60-48)40-12-4-28-56-40/h1-30H. The summed E-state index contributed by atoms with van der Waals surface area (Å²) in [6.07, 6.45) is 0. The molecule has 8 aromatic heterocycles. The van der Waals surface area contributed by atoms with E-state index in [4.69, 9.17) is 0 Å². The molecule has 0 aliphatic heterocycles. The third-order valence-electron chi connectivity index (χ3n) is 11.4. The summed E-state index contributed by atoms with van der Waals surface area (Å²) in [5.74, 6) is 0. The van der Waals surface area contributed by atoms with Crippen LogP contribution < -0.4 is 9.80 Å². The highest BCUT2D eigenvalue weighted by Crippen LogP contribution is 2.53. The van der Waals surface area contributed by atoms with Crippen molar-refractivity contribution in [3.63, 3.8) is 0 Å². The summed E-state index contributed by atoms with van der Waals surface area (Å²) < 4.78 is 0. The largest absolute Gasteiger partial charge is 0.292 e. The van der Waals surface area contributed by atoms with Gasteiger partial charge in [-0.15, -0.1) is 90.7 Å². The second kappa shape index (κ2) is 15.1. The molecule has 296 valence electrons. The molecule has 0 atom stereocenters. The van der Waals surface area contributed by atoms with Gasteiger partial charge in [-0.25, -0.2) is 0 Å². The lowest BCUT2D eigenvalue weighted by Crippen LogP contribution is -2.08. The van der Waals surface area contributed by atoms with E-state index in [1.165, 1.54) is 113 Å². The van der Waals surface area contributed by atoms with Crippen LogP contribution in [0.1, 0.15) is 0 Å². The average Bonchev–Trinajstić information content (AvgIpc) is 4.16. The number of hydrogen-bond acceptors (Lipinski definition) is 10. The predicted molar refractivity (Wildman–Crippen MR) is 282 cm³/mol. The van der Waals surface area contributed by atoms with Crippen molar-refractivity contribution in [1.29, 1.82) is 0 Å². The van der Waals surface area contributed by atoms with Gasteiger partial charge < -0.3 is 0 Å². The Bertz CT molecular complexity index is 3250. The highest BCUT2D eigenvalue weighted by molar-refractivity contribution is 7.26. The summed E-state index contributed by atoms with van der Waals surface area (Å²) in [5, 5.41) is 23.8. The molecule has 0 N–H and O–H groups in total. The van der Waals surface area contributed by atoms with Gasteiger partial charge in [0, 0.05) is 49.8 Å². The molecule has 8 heterocycles. The maximum atomic E-state index is 2.50. The molecule has 0 bridgehead atoms. The van der Waals surface area contributed by atoms with E-state index in [0.717, 1.165) is 0 Å². The zero-order valence-electron chi connectivity index (χ0n) is 32.5. The summed E-state index contributed by atoms with van der Waals surface area (Å²) >= 11 is 14.6. The van der Waals surface area contributed by atoms with Gasteiger partial charge in [0.05, 0.1) is 11.4 Å². The minimum atomic E-state index is 1.20. The second-order valence-electron chi connectivity index (χ2n) is 14.9. The molecule has 62 heavy (non-hydrogen) atoms. The van der Waals surface area contributed by atoms with Gasteiger partial charge in [0.2, 0.25) is 0 Å². The molecule has 0 spiro atoms. The molecule has 0 saturated heterocycles. The van der Waals surface area contributed by atoms with Crippen LogP contribution in [0, 0.1) is 0 Å². The molecule has 0 aliphatic rings. The van der Waals surface area contributed by atoms with E-state index in [-0.39, 0.29) is 0 Å². The molecule has 13 aromatic rings. The first-order valence-electron chi connectivity index (χ1n) is 20.0. The Morgan fingerprint density at radius 1 is 0.242 bits per heavy atom. The van der Waals surface area contributed by atoms with Gasteiger partial charge in [0.1, 0.15) is 20.0 Å². The smallest absolute Gasteiger partial charge is 0.101 e. The number of benzene rings is 5. The Hall–Kier alpha value is -5.40. The van der Waals surface area contributed by atoms with E-state index in [0.29, 0.717) is 0 Å². The summed E-state index contributed by atoms with van der Waals surface area (Å²) in [6, 6.07) is 59.2. The van der Waals surface area contributed by atoms with Gasteiger partial charge >= 0.3 is 0 Å². The van der Waals surface area contributed by atoms with Crippen molar-refractivity contribution < 1.29 is 0 Å². The number of thiophene rings is 8. The highest BCUT2D eigenvalue weighted by Gasteiger charge is 2.25. The van der Waals surface area contributed by atoms with Gasteiger partial charge in [0.15, 0.2) is 0 Å². The summed E-state index contributed by atoms with van der Waals surface area (Å²) in [5.41, 5.74) is 2.39. The fourth-order valence-corrected chi connectivity index (χ4v) is 16.3. The number of fused-ring (bicyclic) bond motifs is 2. The molecule has 0 unspecified atom stereocenters. The molecule has 5 aromatic carbocycles. The van der Waals surface area contributed by atoms with Gasteiger partial charge in [-0.3, -0.25) is 9.80 Å². The van der Waals surface area contributed by atoms with E-state index in [2.05, 4.69) is 189 Å². The highest BCUT2D eigenvalue weighted by atomic mass is 32.1. The molecule has 0 fully saturated rings. The predicted octanol–water partition coefficient (Wildman–Crippen LogP) is 19.8. The zero-order valence-corrected chi connectivity index (χ0v) is 39.0. The van der Waals surface area contributed by atoms with E-state index in [1.807, 2.05) is 45.3 Å². The van der Waals surface area contributed by atoms with E-state index in [1.54, 1.807) is 45.3 Å². The van der Waals surface area contributed by atoms with Crippen molar-refractivity contribution in [2.75, 3.05) is 9.80 Å². The lowest BCUT2D eigenvalue weighted by atomic mass is 9.88. The topological polar surface area (TPSA) is 6.48 Å². The van der Waals surface area contributed by atoms with Crippen LogP contribution in [0.4, 0.5) is 31.4 Å². The first-order valence-corrected chi connectivity index (χ1v) is 26.8. The van der Waals surface area contributed by atoms with Crippen LogP contribution in [0.3, 0.4) is 0 Å². The lowest BCUT2D eigenvalue weighted by Gasteiger charge is -2.26. The van der Waals surface area contributed by atoms with Crippen molar-refractivity contribution in [3.05, 3.63) is 179 Å². The average molecular weight is 939 g/mol. The lowest BCUT2D eigenvalue weighted by molar-refractivity contribution is 1.38. The number of nitrogens with zero attached hydrogens (tertiary/aromatic N) is 2. The van der Waals surface area contributed by atoms with Crippen LogP contribution in [0.2, 0.25) is 0 Å². The van der Waals surface area contributed by atoms with Gasteiger partial charge in [-0.2, -0.15) is 0 Å². The van der Waals surface area contributed by atoms with Crippen molar-refractivity contribution >= 4 is 165 Å². The fourth-order valence-electron chi connectivity index (χ4n) is 8.76. The molecular weight excluding hydrogens is 909 g/mol. The second-order valence-corrected chi connectivity index (χ2v) is 22.9. The number of anilines is 6. The normalized spacial score (nSPS) is 11.9. The maximum absolute atomic E-state index is 2.50. The molecule has 10 heteroatoms. The molecule has 0 amide bonds. The summed E-state index contributed by atoms with van der Waals surface area (Å²) in [4.78, 5) is 15.4. The molecule has 0 aliphatic carbocycles. The third kappa shape index (κ3) is 6.08. The Labute approximate surface area is 389 Å². The van der Waals surface area contributed by atoms with Crippen LogP contribution in [0.15, 0.2) is 179 Å². The van der Waals surface area contributed by atoms with E-state index >= 15 is 0 Å². The molecule has 13 rings (SSSR count). The third-order valence-corrected chi connectivity index (χ3v) is 19.9. The molecule has 0 radical (unpaired) electrons. The first-order chi connectivity index (χ1) is 30.7. The van der Waals surface area contributed by atoms with Crippen molar-refractivity contribution in [2.24, 2.45) is 0 Å². The van der Waals surface area contributed by atoms with Gasteiger partial charge in [-0.05, 0) is 139 Å². The SMILES string of the molecule is c1csc(-c2ccc(N(c3ccc(-c4cccs4)s3)c3ccc4c5ccc(N(c6ccc(-c7cccs7)s6)c6ccc(-c7cccs7)s6)c6cccc(c7cccc3c74)c65)s2)c1. The maximum Gasteiger partial charge on any atom is 0.101 e. The number of rotatable bonds is 10. The van der Waals surface area contributed by atoms with Gasteiger partial charge in [0.25, 0.3) is 0 Å². The van der Waals surface area contributed by atoms with E-state index in [9.17, 15) is 0 Å². The van der Waals surface area contributed by atoms with Gasteiger partial charge in [-0.1, -0.05) is 72.8 Å². The molecular formula is C52H30N2S8. The van der Waals surface area contributed by atoms with E-state index < -0.39 is 0 Å². The minimum Gasteiger partial charge on any atom is -0.292 e. The number of hydrogen-bond donors (Lipinski definition) is 0. The quantitative estimate of drug-likeness (QED) is 0.0996. The Balaban J connectivity index is 1.01. The minimum absolute atomic E-state index is 1.20. The van der Waals surface area contributed by atoms with Crippen molar-refractivity contribution in [2.45, 2.75) is 0 Å². The zero-order chi connectivity index (χ0) is 40.7. The summed E-state index contributed by atoms with van der Waals surface area (Å²) in [7, 11) is 0. The Morgan fingerprint density at radius 2 is 0.548 bits per heavy atom. The molecule has 2 nitrogen and oxygen atoms in total. The van der Waals surface area contributed by atoms with Crippen LogP contribution in [-0.4, -0.2) is 0 Å². The summed E-state index contributed by atoms with van der Waals surface area (Å²) in [6.45, 7) is 0. The van der Waals surface area contributed by atoms with Crippen molar-refractivity contribution in [1.82, 2.24) is 0 Å². The van der Waals surface area contributed by atoms with Crippen LogP contribution >= 0.6 is 90.7 Å². The monoisotopic (exact) mass is 938 g/mol. The van der Waals surface area contributed by atoms with Crippen LogP contribution in [-0.2, 0) is 0 Å². The Kier molecular flexibility index (Phi) is 9.08. The fraction of sp³-hybridized carbons (Fsp3) is 0. The van der Waals surface area contributed by atoms with Crippen LogP contribution in [0.5, 0.6) is 0 Å².